The Hall–Kier alpha value is -3.67. The fraction of sp³-hybridized carbons (Fsp3) is 0.136. The first-order valence-corrected chi connectivity index (χ1v) is 8.96. The van der Waals surface area contributed by atoms with Crippen molar-refractivity contribution in [3.63, 3.8) is 0 Å². The van der Waals surface area contributed by atoms with E-state index in [0.717, 1.165) is 15.7 Å². The van der Waals surface area contributed by atoms with E-state index < -0.39 is 23.4 Å². The number of nitrogens with one attached hydrogen (secondary N) is 2. The molecule has 1 heterocycles. The lowest BCUT2D eigenvalue weighted by Gasteiger charge is -2.22. The molecule has 2 N–H and O–H groups in total. The van der Waals surface area contributed by atoms with E-state index in [1.54, 1.807) is 31.2 Å². The summed E-state index contributed by atoms with van der Waals surface area (Å²) in [5, 5.41) is 7.45. The molecule has 1 fully saturated rings. The number of hydrogen-bond acceptors (Lipinski definition) is 3. The molecule has 6 nitrogen and oxygen atoms in total. The van der Waals surface area contributed by atoms with Crippen LogP contribution in [0.4, 0.5) is 10.5 Å². The monoisotopic (exact) mass is 373 g/mol. The Labute approximate surface area is 162 Å². The van der Waals surface area contributed by atoms with Crippen molar-refractivity contribution < 1.29 is 14.4 Å². The normalized spacial score (nSPS) is 19.0. The van der Waals surface area contributed by atoms with Gasteiger partial charge < -0.3 is 10.6 Å². The van der Waals surface area contributed by atoms with Gasteiger partial charge in [-0.05, 0) is 41.5 Å². The molecule has 1 unspecified atom stereocenters. The van der Waals surface area contributed by atoms with Crippen LogP contribution in [0.1, 0.15) is 12.5 Å². The standard InChI is InChI=1S/C22H19N3O3/c1-22(17-12-11-15-7-5-6-8-16(15)13-17)20(27)25(21(28)24-22)14-19(26)23-18-9-3-2-4-10-18/h2-13H,14H2,1H3,(H,23,26)(H,24,28). The molecule has 6 heteroatoms. The average Bonchev–Trinajstić information content (AvgIpc) is 2.92. The van der Waals surface area contributed by atoms with Crippen molar-refractivity contribution in [2.45, 2.75) is 12.5 Å². The lowest BCUT2D eigenvalue weighted by Crippen LogP contribution is -2.42. The van der Waals surface area contributed by atoms with Crippen molar-refractivity contribution in [2.24, 2.45) is 0 Å². The predicted octanol–water partition coefficient (Wildman–Crippen LogP) is 3.25. The molecule has 4 amide bonds. The molecule has 3 aromatic carbocycles. The van der Waals surface area contributed by atoms with E-state index in [1.807, 2.05) is 48.5 Å². The second-order valence-corrected chi connectivity index (χ2v) is 6.92. The highest BCUT2D eigenvalue weighted by atomic mass is 16.2. The van der Waals surface area contributed by atoms with Crippen LogP contribution in [0.3, 0.4) is 0 Å². The van der Waals surface area contributed by atoms with Crippen LogP contribution in [0.5, 0.6) is 0 Å². The van der Waals surface area contributed by atoms with Crippen LogP contribution in [0, 0.1) is 0 Å². The zero-order valence-electron chi connectivity index (χ0n) is 15.3. The molecule has 0 radical (unpaired) electrons. The summed E-state index contributed by atoms with van der Waals surface area (Å²) in [4.78, 5) is 38.7. The van der Waals surface area contributed by atoms with Gasteiger partial charge in [-0.15, -0.1) is 0 Å². The van der Waals surface area contributed by atoms with Crippen molar-refractivity contribution in [1.82, 2.24) is 10.2 Å². The average molecular weight is 373 g/mol. The third-order valence-electron chi connectivity index (χ3n) is 4.96. The van der Waals surface area contributed by atoms with E-state index in [1.165, 1.54) is 0 Å². The van der Waals surface area contributed by atoms with E-state index in [4.69, 9.17) is 0 Å². The number of amides is 4. The summed E-state index contributed by atoms with van der Waals surface area (Å²) in [5.41, 5.74) is 0.0704. The SMILES string of the molecule is CC1(c2ccc3ccccc3c2)NC(=O)N(CC(=O)Nc2ccccc2)C1=O. The molecule has 0 aliphatic carbocycles. The number of carbonyl (C=O) groups is 3. The minimum Gasteiger partial charge on any atom is -0.325 e. The van der Waals surface area contributed by atoms with Crippen LogP contribution in [-0.4, -0.2) is 29.3 Å². The molecule has 1 saturated heterocycles. The Morgan fingerprint density at radius 2 is 1.64 bits per heavy atom. The minimum atomic E-state index is -1.21. The van der Waals surface area contributed by atoms with Gasteiger partial charge in [-0.1, -0.05) is 54.6 Å². The summed E-state index contributed by atoms with van der Waals surface area (Å²) < 4.78 is 0. The molecule has 0 spiro atoms. The molecule has 1 atom stereocenters. The Bertz CT molecular complexity index is 1080. The highest BCUT2D eigenvalue weighted by Gasteiger charge is 2.49. The summed E-state index contributed by atoms with van der Waals surface area (Å²) in [7, 11) is 0. The number of carbonyl (C=O) groups excluding carboxylic acids is 3. The zero-order chi connectivity index (χ0) is 19.7. The third kappa shape index (κ3) is 3.09. The summed E-state index contributed by atoms with van der Waals surface area (Å²) in [6, 6.07) is 21.8. The van der Waals surface area contributed by atoms with Gasteiger partial charge in [0.2, 0.25) is 5.91 Å². The van der Waals surface area contributed by atoms with Crippen molar-refractivity contribution in [2.75, 3.05) is 11.9 Å². The lowest BCUT2D eigenvalue weighted by molar-refractivity contribution is -0.133. The summed E-state index contributed by atoms with van der Waals surface area (Å²) in [6.45, 7) is 1.31. The number of nitrogens with zero attached hydrogens (tertiary/aromatic N) is 1. The maximum absolute atomic E-state index is 13.0. The van der Waals surface area contributed by atoms with Gasteiger partial charge in [0.15, 0.2) is 0 Å². The second kappa shape index (κ2) is 6.81. The molecule has 0 aromatic heterocycles. The number of anilines is 1. The van der Waals surface area contributed by atoms with Crippen molar-refractivity contribution in [3.8, 4) is 0 Å². The van der Waals surface area contributed by atoms with E-state index in [0.29, 0.717) is 11.3 Å². The van der Waals surface area contributed by atoms with Gasteiger partial charge in [0.1, 0.15) is 12.1 Å². The molecule has 0 bridgehead atoms. The lowest BCUT2D eigenvalue weighted by atomic mass is 9.90. The van der Waals surface area contributed by atoms with E-state index in [-0.39, 0.29) is 6.54 Å². The van der Waals surface area contributed by atoms with Gasteiger partial charge in [-0.25, -0.2) is 4.79 Å². The third-order valence-corrected chi connectivity index (χ3v) is 4.96. The van der Waals surface area contributed by atoms with E-state index in [2.05, 4.69) is 10.6 Å². The molecule has 140 valence electrons. The van der Waals surface area contributed by atoms with Gasteiger partial charge in [0.05, 0.1) is 0 Å². The molecule has 1 aliphatic heterocycles. The molecule has 4 rings (SSSR count). The number of urea groups is 1. The summed E-state index contributed by atoms with van der Waals surface area (Å²) >= 11 is 0. The number of fused-ring (bicyclic) bond motifs is 1. The first kappa shape index (κ1) is 17.7. The summed E-state index contributed by atoms with van der Waals surface area (Å²) in [6.07, 6.45) is 0. The first-order valence-electron chi connectivity index (χ1n) is 8.96. The topological polar surface area (TPSA) is 78.5 Å². The van der Waals surface area contributed by atoms with E-state index in [9.17, 15) is 14.4 Å². The second-order valence-electron chi connectivity index (χ2n) is 6.92. The van der Waals surface area contributed by atoms with Crippen LogP contribution >= 0.6 is 0 Å². The highest BCUT2D eigenvalue weighted by molar-refractivity contribution is 6.10. The largest absolute Gasteiger partial charge is 0.325 e. The fourth-order valence-electron chi connectivity index (χ4n) is 3.40. The van der Waals surface area contributed by atoms with Gasteiger partial charge in [-0.2, -0.15) is 0 Å². The maximum Gasteiger partial charge on any atom is 0.325 e. The van der Waals surface area contributed by atoms with Crippen LogP contribution in [-0.2, 0) is 15.1 Å². The quantitative estimate of drug-likeness (QED) is 0.689. The molecule has 28 heavy (non-hydrogen) atoms. The van der Waals surface area contributed by atoms with Crippen molar-refractivity contribution in [3.05, 3.63) is 78.4 Å². The number of benzene rings is 3. The molecule has 3 aromatic rings. The fourth-order valence-corrected chi connectivity index (χ4v) is 3.40. The number of rotatable bonds is 4. The predicted molar refractivity (Wildman–Crippen MR) is 107 cm³/mol. The first-order chi connectivity index (χ1) is 13.5. The number of hydrogen-bond donors (Lipinski definition) is 2. The van der Waals surface area contributed by atoms with Crippen molar-refractivity contribution in [1.29, 1.82) is 0 Å². The molecule has 0 saturated carbocycles. The molecular formula is C22H19N3O3. The van der Waals surface area contributed by atoms with Gasteiger partial charge >= 0.3 is 6.03 Å². The Morgan fingerprint density at radius 1 is 0.964 bits per heavy atom. The van der Waals surface area contributed by atoms with Gasteiger partial charge in [-0.3, -0.25) is 14.5 Å². The van der Waals surface area contributed by atoms with Crippen molar-refractivity contribution >= 4 is 34.3 Å². The highest BCUT2D eigenvalue weighted by Crippen LogP contribution is 2.31. The summed E-state index contributed by atoms with van der Waals surface area (Å²) in [5.74, 6) is -0.881. The van der Waals surface area contributed by atoms with Crippen LogP contribution in [0.2, 0.25) is 0 Å². The maximum atomic E-state index is 13.0. The smallest absolute Gasteiger partial charge is 0.325 e. The molecule has 1 aliphatic rings. The van der Waals surface area contributed by atoms with Crippen LogP contribution in [0.15, 0.2) is 72.8 Å². The number of para-hydroxylation sites is 1. The Morgan fingerprint density at radius 3 is 2.39 bits per heavy atom. The van der Waals surface area contributed by atoms with Gasteiger partial charge in [0, 0.05) is 5.69 Å². The zero-order valence-corrected chi connectivity index (χ0v) is 15.3. The van der Waals surface area contributed by atoms with E-state index >= 15 is 0 Å². The number of imide groups is 1. The Kier molecular flexibility index (Phi) is 4.31. The molecular weight excluding hydrogens is 354 g/mol. The van der Waals surface area contributed by atoms with Crippen LogP contribution < -0.4 is 10.6 Å². The Balaban J connectivity index is 1.56. The van der Waals surface area contributed by atoms with Gasteiger partial charge in [0.25, 0.3) is 5.91 Å². The minimum absolute atomic E-state index is 0.345. The van der Waals surface area contributed by atoms with Crippen LogP contribution in [0.25, 0.3) is 10.8 Å².